The van der Waals surface area contributed by atoms with Crippen molar-refractivity contribution < 1.29 is 19.5 Å². The Labute approximate surface area is 93.6 Å². The van der Waals surface area contributed by atoms with Crippen LogP contribution in [-0.4, -0.2) is 47.0 Å². The summed E-state index contributed by atoms with van der Waals surface area (Å²) in [6.07, 6.45) is 0.710. The molecule has 7 heteroatoms. The van der Waals surface area contributed by atoms with Crippen molar-refractivity contribution in [3.05, 3.63) is 0 Å². The van der Waals surface area contributed by atoms with Crippen LogP contribution in [0.2, 0.25) is 0 Å². The Morgan fingerprint density at radius 3 is 2.38 bits per heavy atom. The van der Waals surface area contributed by atoms with Crippen LogP contribution in [0.1, 0.15) is 20.3 Å². The minimum atomic E-state index is -1.02. The quantitative estimate of drug-likeness (QED) is 0.563. The van der Waals surface area contributed by atoms with Crippen LogP contribution in [0.3, 0.4) is 0 Å². The zero-order valence-corrected chi connectivity index (χ0v) is 9.40. The second-order valence-corrected chi connectivity index (χ2v) is 3.39. The Morgan fingerprint density at radius 2 is 2.00 bits per heavy atom. The summed E-state index contributed by atoms with van der Waals surface area (Å²) < 4.78 is 0. The molecule has 0 fully saturated rings. The average molecular weight is 231 g/mol. The summed E-state index contributed by atoms with van der Waals surface area (Å²) in [7, 11) is 0. The van der Waals surface area contributed by atoms with Gasteiger partial charge in [-0.3, -0.25) is 19.8 Å². The average Bonchev–Trinajstić information content (AvgIpc) is 2.14. The number of rotatable bonds is 6. The molecular weight excluding hydrogens is 214 g/mol. The number of aliphatic carboxylic acids is 1. The number of carbonyl (C=O) groups is 3. The van der Waals surface area contributed by atoms with Crippen LogP contribution < -0.4 is 11.1 Å². The molecule has 0 saturated heterocycles. The molecule has 0 saturated carbocycles. The fraction of sp³-hybridized carbons (Fsp3) is 0.667. The SMILES string of the molecule is CCCN(CC(=O)O)C(C)C(=O)NC(N)=O. The maximum Gasteiger partial charge on any atom is 0.318 e. The van der Waals surface area contributed by atoms with Crippen molar-refractivity contribution in [1.82, 2.24) is 10.2 Å². The van der Waals surface area contributed by atoms with Crippen molar-refractivity contribution in [2.24, 2.45) is 5.73 Å². The summed E-state index contributed by atoms with van der Waals surface area (Å²) in [5, 5.41) is 10.6. The van der Waals surface area contributed by atoms with Gasteiger partial charge in [0.25, 0.3) is 0 Å². The van der Waals surface area contributed by atoms with E-state index >= 15 is 0 Å². The molecule has 0 aromatic heterocycles. The molecule has 4 N–H and O–H groups in total. The monoisotopic (exact) mass is 231 g/mol. The smallest absolute Gasteiger partial charge is 0.318 e. The second-order valence-electron chi connectivity index (χ2n) is 3.39. The third kappa shape index (κ3) is 5.30. The van der Waals surface area contributed by atoms with Crippen LogP contribution in [0.4, 0.5) is 4.79 Å². The Balaban J connectivity index is 4.46. The van der Waals surface area contributed by atoms with Gasteiger partial charge < -0.3 is 10.8 Å². The molecule has 3 amide bonds. The van der Waals surface area contributed by atoms with Gasteiger partial charge in [-0.2, -0.15) is 0 Å². The fourth-order valence-corrected chi connectivity index (χ4v) is 1.26. The van der Waals surface area contributed by atoms with E-state index in [0.717, 1.165) is 0 Å². The van der Waals surface area contributed by atoms with Crippen LogP contribution in [0, 0.1) is 0 Å². The number of nitrogens with one attached hydrogen (secondary N) is 1. The molecule has 7 nitrogen and oxygen atoms in total. The lowest BCUT2D eigenvalue weighted by atomic mass is 10.2. The van der Waals surface area contributed by atoms with Crippen LogP contribution in [-0.2, 0) is 9.59 Å². The molecule has 0 aliphatic carbocycles. The summed E-state index contributed by atoms with van der Waals surface area (Å²) in [6, 6.07) is -1.65. The van der Waals surface area contributed by atoms with Gasteiger partial charge in [0, 0.05) is 0 Å². The van der Waals surface area contributed by atoms with Crippen molar-refractivity contribution in [3.8, 4) is 0 Å². The van der Waals surface area contributed by atoms with Crippen LogP contribution in [0.15, 0.2) is 0 Å². The maximum atomic E-state index is 11.4. The summed E-state index contributed by atoms with van der Waals surface area (Å²) in [6.45, 7) is 3.60. The van der Waals surface area contributed by atoms with E-state index in [9.17, 15) is 14.4 Å². The highest BCUT2D eigenvalue weighted by Crippen LogP contribution is 2.00. The molecule has 0 spiro atoms. The highest BCUT2D eigenvalue weighted by Gasteiger charge is 2.23. The van der Waals surface area contributed by atoms with E-state index in [1.165, 1.54) is 11.8 Å². The van der Waals surface area contributed by atoms with Crippen LogP contribution in [0.5, 0.6) is 0 Å². The van der Waals surface area contributed by atoms with Gasteiger partial charge in [0.15, 0.2) is 0 Å². The number of primary amides is 1. The molecule has 0 aromatic carbocycles. The summed E-state index contributed by atoms with van der Waals surface area (Å²) >= 11 is 0. The number of carboxylic acids is 1. The Morgan fingerprint density at radius 1 is 1.44 bits per heavy atom. The third-order valence-electron chi connectivity index (χ3n) is 2.02. The van der Waals surface area contributed by atoms with E-state index in [2.05, 4.69) is 0 Å². The van der Waals surface area contributed by atoms with Crippen molar-refractivity contribution in [3.63, 3.8) is 0 Å². The van der Waals surface area contributed by atoms with E-state index in [-0.39, 0.29) is 6.54 Å². The zero-order valence-electron chi connectivity index (χ0n) is 9.40. The van der Waals surface area contributed by atoms with E-state index in [4.69, 9.17) is 10.8 Å². The number of nitrogens with two attached hydrogens (primary N) is 1. The normalized spacial score (nSPS) is 12.2. The third-order valence-corrected chi connectivity index (χ3v) is 2.02. The topological polar surface area (TPSA) is 113 Å². The summed E-state index contributed by atoms with van der Waals surface area (Å²) in [4.78, 5) is 33.9. The molecule has 0 aliphatic heterocycles. The van der Waals surface area contributed by atoms with Gasteiger partial charge in [0.1, 0.15) is 0 Å². The van der Waals surface area contributed by atoms with Gasteiger partial charge in [-0.1, -0.05) is 6.92 Å². The van der Waals surface area contributed by atoms with E-state index in [0.29, 0.717) is 13.0 Å². The largest absolute Gasteiger partial charge is 0.480 e. The molecular formula is C9H17N3O4. The molecule has 0 radical (unpaired) electrons. The lowest BCUT2D eigenvalue weighted by molar-refractivity contribution is -0.139. The Kier molecular flexibility index (Phi) is 6.09. The van der Waals surface area contributed by atoms with E-state index in [1.807, 2.05) is 12.2 Å². The molecule has 1 atom stereocenters. The second kappa shape index (κ2) is 6.78. The predicted octanol–water partition coefficient (Wildman–Crippen LogP) is -0.634. The molecule has 92 valence electrons. The van der Waals surface area contributed by atoms with Crippen LogP contribution in [0.25, 0.3) is 0 Å². The minimum Gasteiger partial charge on any atom is -0.480 e. The number of urea groups is 1. The number of nitrogens with zero attached hydrogens (tertiary/aromatic N) is 1. The van der Waals surface area contributed by atoms with Crippen molar-refractivity contribution in [2.75, 3.05) is 13.1 Å². The van der Waals surface area contributed by atoms with Gasteiger partial charge in [-0.05, 0) is 19.9 Å². The molecule has 0 heterocycles. The number of carbonyl (C=O) groups excluding carboxylic acids is 2. The molecule has 16 heavy (non-hydrogen) atoms. The first-order valence-corrected chi connectivity index (χ1v) is 4.94. The number of amides is 3. The number of hydrogen-bond donors (Lipinski definition) is 3. The molecule has 0 bridgehead atoms. The molecule has 0 rings (SSSR count). The highest BCUT2D eigenvalue weighted by atomic mass is 16.4. The van der Waals surface area contributed by atoms with Crippen molar-refractivity contribution in [1.29, 1.82) is 0 Å². The van der Waals surface area contributed by atoms with E-state index < -0.39 is 23.9 Å². The number of imide groups is 1. The minimum absolute atomic E-state index is 0.249. The first-order chi connectivity index (χ1) is 7.38. The lowest BCUT2D eigenvalue weighted by Crippen LogP contribution is -2.50. The predicted molar refractivity (Wildman–Crippen MR) is 56.7 cm³/mol. The highest BCUT2D eigenvalue weighted by molar-refractivity contribution is 5.96. The fourth-order valence-electron chi connectivity index (χ4n) is 1.26. The van der Waals surface area contributed by atoms with Gasteiger partial charge in [0.2, 0.25) is 5.91 Å². The van der Waals surface area contributed by atoms with Crippen molar-refractivity contribution in [2.45, 2.75) is 26.3 Å². The molecule has 0 aromatic rings. The van der Waals surface area contributed by atoms with Crippen molar-refractivity contribution >= 4 is 17.9 Å². The van der Waals surface area contributed by atoms with Gasteiger partial charge in [-0.25, -0.2) is 4.79 Å². The molecule has 1 unspecified atom stereocenters. The van der Waals surface area contributed by atoms with Gasteiger partial charge >= 0.3 is 12.0 Å². The Hall–Kier alpha value is -1.63. The Bertz CT molecular complexity index is 280. The lowest BCUT2D eigenvalue weighted by Gasteiger charge is -2.25. The van der Waals surface area contributed by atoms with Crippen LogP contribution >= 0.6 is 0 Å². The van der Waals surface area contributed by atoms with Gasteiger partial charge in [-0.15, -0.1) is 0 Å². The number of carboxylic acid groups (broad SMARTS) is 1. The molecule has 0 aliphatic rings. The first kappa shape index (κ1) is 14.4. The standard InChI is InChI=1S/C9H17N3O4/c1-3-4-12(5-7(13)14)6(2)8(15)11-9(10)16/h6H,3-5H2,1-2H3,(H,13,14)(H3,10,11,15,16). The maximum absolute atomic E-state index is 11.4. The van der Waals surface area contributed by atoms with Gasteiger partial charge in [0.05, 0.1) is 12.6 Å². The number of hydrogen-bond acceptors (Lipinski definition) is 4. The summed E-state index contributed by atoms with van der Waals surface area (Å²) in [5.41, 5.74) is 4.80. The van der Waals surface area contributed by atoms with E-state index in [1.54, 1.807) is 0 Å². The first-order valence-electron chi connectivity index (χ1n) is 4.94. The zero-order chi connectivity index (χ0) is 12.7. The summed E-state index contributed by atoms with van der Waals surface area (Å²) in [5.74, 6) is -1.62.